The molecule has 0 atom stereocenters. The zero-order chi connectivity index (χ0) is 11.8. The van der Waals surface area contributed by atoms with Gasteiger partial charge in [0, 0.05) is 5.92 Å². The zero-order valence-corrected chi connectivity index (χ0v) is 9.78. The van der Waals surface area contributed by atoms with Crippen LogP contribution in [-0.4, -0.2) is 26.2 Å². The highest BCUT2D eigenvalue weighted by Gasteiger charge is 2.57. The number of hydrogen-bond acceptors (Lipinski definition) is 3. The van der Waals surface area contributed by atoms with Gasteiger partial charge in [-0.3, -0.25) is 4.18 Å². The monoisotopic (exact) mass is 230 g/mol. The van der Waals surface area contributed by atoms with Gasteiger partial charge in [0.2, 0.25) is 0 Å². The van der Waals surface area contributed by atoms with Gasteiger partial charge in [0.05, 0.1) is 7.11 Å². The van der Waals surface area contributed by atoms with Gasteiger partial charge in [-0.25, -0.2) is 8.78 Å². The molecule has 0 aliphatic carbocycles. The van der Waals surface area contributed by atoms with Gasteiger partial charge in [-0.15, -0.1) is 0 Å². The molecule has 0 aliphatic heterocycles. The minimum absolute atomic E-state index is 0.882. The van der Waals surface area contributed by atoms with Crippen LogP contribution in [0.15, 0.2) is 0 Å². The summed E-state index contributed by atoms with van der Waals surface area (Å²) in [6.07, 6.45) is 0. The third-order valence-electron chi connectivity index (χ3n) is 2.37. The first-order valence-electron chi connectivity index (χ1n) is 4.18. The van der Waals surface area contributed by atoms with Crippen molar-refractivity contribution >= 4 is 10.1 Å². The fourth-order valence-corrected chi connectivity index (χ4v) is 2.06. The van der Waals surface area contributed by atoms with Crippen molar-refractivity contribution < 1.29 is 21.4 Å². The summed E-state index contributed by atoms with van der Waals surface area (Å²) in [6, 6.07) is 0. The van der Waals surface area contributed by atoms with E-state index in [0.717, 1.165) is 21.0 Å². The topological polar surface area (TPSA) is 43.4 Å². The zero-order valence-electron chi connectivity index (χ0n) is 8.97. The Bertz CT molecular complexity index is 294. The summed E-state index contributed by atoms with van der Waals surface area (Å²) in [5.74, 6) is -4.40. The molecule has 0 aromatic carbocycles. The quantitative estimate of drug-likeness (QED) is 0.694. The lowest BCUT2D eigenvalue weighted by Crippen LogP contribution is -2.52. The highest BCUT2D eigenvalue weighted by molar-refractivity contribution is 7.88. The van der Waals surface area contributed by atoms with E-state index < -0.39 is 26.7 Å². The Kier molecular flexibility index (Phi) is 3.67. The van der Waals surface area contributed by atoms with Crippen molar-refractivity contribution in [2.24, 2.45) is 5.92 Å². The smallest absolute Gasteiger partial charge is 0.273 e. The van der Waals surface area contributed by atoms with E-state index >= 15 is 0 Å². The fraction of sp³-hybridized carbons (Fsp3) is 1.00. The van der Waals surface area contributed by atoms with E-state index in [1.807, 2.05) is 0 Å². The van der Waals surface area contributed by atoms with Crippen LogP contribution >= 0.6 is 0 Å². The molecular weight excluding hydrogens is 214 g/mol. The van der Waals surface area contributed by atoms with Crippen molar-refractivity contribution in [1.82, 2.24) is 0 Å². The van der Waals surface area contributed by atoms with Gasteiger partial charge < -0.3 is 0 Å². The fourth-order valence-electron chi connectivity index (χ4n) is 1.07. The Morgan fingerprint density at radius 1 is 1.21 bits per heavy atom. The van der Waals surface area contributed by atoms with Gasteiger partial charge in [0.15, 0.2) is 4.75 Å². The van der Waals surface area contributed by atoms with Crippen LogP contribution in [0.3, 0.4) is 0 Å². The normalized spacial score (nSPS) is 14.9. The van der Waals surface area contributed by atoms with E-state index in [1.165, 1.54) is 13.8 Å². The maximum atomic E-state index is 13.5. The summed E-state index contributed by atoms with van der Waals surface area (Å²) in [7, 11) is -3.37. The molecule has 0 saturated heterocycles. The highest BCUT2D eigenvalue weighted by atomic mass is 32.2. The average molecular weight is 230 g/mol. The first kappa shape index (κ1) is 13.8. The number of rotatable bonds is 4. The minimum atomic E-state index is -4.25. The van der Waals surface area contributed by atoms with Crippen LogP contribution in [0.2, 0.25) is 0 Å². The summed E-state index contributed by atoms with van der Waals surface area (Å²) in [4.78, 5) is 0. The molecule has 0 heterocycles. The molecule has 0 spiro atoms. The van der Waals surface area contributed by atoms with Crippen molar-refractivity contribution in [2.45, 2.75) is 38.4 Å². The SMILES string of the molecule is COS(=O)(=O)C(C)(C)C(F)(F)C(C)C. The lowest BCUT2D eigenvalue weighted by atomic mass is 9.94. The number of alkyl halides is 2. The predicted octanol–water partition coefficient (Wildman–Crippen LogP) is 2.03. The van der Waals surface area contributed by atoms with Crippen molar-refractivity contribution in [3.8, 4) is 0 Å². The Morgan fingerprint density at radius 3 is 1.79 bits per heavy atom. The summed E-state index contributed by atoms with van der Waals surface area (Å²) in [5, 5.41) is 0. The van der Waals surface area contributed by atoms with E-state index in [4.69, 9.17) is 0 Å². The Hall–Kier alpha value is -0.230. The van der Waals surface area contributed by atoms with Crippen molar-refractivity contribution in [3.05, 3.63) is 0 Å². The Morgan fingerprint density at radius 2 is 1.57 bits per heavy atom. The van der Waals surface area contributed by atoms with E-state index in [0.29, 0.717) is 0 Å². The van der Waals surface area contributed by atoms with Crippen molar-refractivity contribution in [2.75, 3.05) is 7.11 Å². The lowest BCUT2D eigenvalue weighted by Gasteiger charge is -2.34. The van der Waals surface area contributed by atoms with E-state index in [9.17, 15) is 17.2 Å². The molecule has 0 bridgehead atoms. The van der Waals surface area contributed by atoms with Crippen LogP contribution in [0.4, 0.5) is 8.78 Å². The molecule has 14 heavy (non-hydrogen) atoms. The van der Waals surface area contributed by atoms with Gasteiger partial charge >= 0.3 is 0 Å². The predicted molar refractivity (Wildman–Crippen MR) is 49.8 cm³/mol. The second kappa shape index (κ2) is 3.73. The van der Waals surface area contributed by atoms with Gasteiger partial charge in [0.1, 0.15) is 0 Å². The Balaban J connectivity index is 5.37. The Labute approximate surface area is 83.6 Å². The maximum absolute atomic E-state index is 13.5. The standard InChI is InChI=1S/C8H16F2O3S/c1-6(2)8(9,10)7(3,4)14(11,12)13-5/h6H,1-5H3. The highest BCUT2D eigenvalue weighted by Crippen LogP contribution is 2.41. The molecule has 0 aliphatic rings. The summed E-state index contributed by atoms with van der Waals surface area (Å²) in [6.45, 7) is 4.47. The van der Waals surface area contributed by atoms with Gasteiger partial charge in [0.25, 0.3) is 16.0 Å². The molecular formula is C8H16F2O3S. The summed E-state index contributed by atoms with van der Waals surface area (Å²) in [5.41, 5.74) is 0. The summed E-state index contributed by atoms with van der Waals surface area (Å²) >= 11 is 0. The number of hydrogen-bond donors (Lipinski definition) is 0. The first-order chi connectivity index (χ1) is 6.00. The lowest BCUT2D eigenvalue weighted by molar-refractivity contribution is -0.0760. The van der Waals surface area contributed by atoms with Crippen LogP contribution in [0, 0.1) is 5.92 Å². The molecule has 0 saturated carbocycles. The molecule has 0 radical (unpaired) electrons. The molecule has 0 rings (SSSR count). The molecule has 0 aromatic heterocycles. The van der Waals surface area contributed by atoms with Gasteiger partial charge in [-0.1, -0.05) is 13.8 Å². The van der Waals surface area contributed by atoms with E-state index in [2.05, 4.69) is 4.18 Å². The largest absolute Gasteiger partial charge is 0.278 e. The second-order valence-corrected chi connectivity index (χ2v) is 6.17. The molecule has 0 aromatic rings. The van der Waals surface area contributed by atoms with E-state index in [-0.39, 0.29) is 0 Å². The number of halogens is 2. The third kappa shape index (κ3) is 1.91. The van der Waals surface area contributed by atoms with E-state index in [1.54, 1.807) is 0 Å². The van der Waals surface area contributed by atoms with Crippen LogP contribution in [0.5, 0.6) is 0 Å². The molecule has 0 amide bonds. The molecule has 0 fully saturated rings. The molecule has 6 heteroatoms. The van der Waals surface area contributed by atoms with Crippen molar-refractivity contribution in [1.29, 1.82) is 0 Å². The van der Waals surface area contributed by atoms with Crippen molar-refractivity contribution in [3.63, 3.8) is 0 Å². The molecule has 0 N–H and O–H groups in total. The van der Waals surface area contributed by atoms with Crippen LogP contribution < -0.4 is 0 Å². The molecule has 3 nitrogen and oxygen atoms in total. The van der Waals surface area contributed by atoms with Crippen LogP contribution in [-0.2, 0) is 14.3 Å². The van der Waals surface area contributed by atoms with Crippen LogP contribution in [0.1, 0.15) is 27.7 Å². The van der Waals surface area contributed by atoms with Crippen LogP contribution in [0.25, 0.3) is 0 Å². The van der Waals surface area contributed by atoms with Gasteiger partial charge in [-0.2, -0.15) is 8.42 Å². The minimum Gasteiger partial charge on any atom is -0.273 e. The average Bonchev–Trinajstić information content (AvgIpc) is 2.03. The van der Waals surface area contributed by atoms with Gasteiger partial charge in [-0.05, 0) is 13.8 Å². The molecule has 86 valence electrons. The summed E-state index contributed by atoms with van der Waals surface area (Å²) < 4.78 is 51.5. The maximum Gasteiger partial charge on any atom is 0.278 e. The molecule has 0 unspecified atom stereocenters. The third-order valence-corrected chi connectivity index (χ3v) is 4.33. The first-order valence-corrected chi connectivity index (χ1v) is 5.59. The second-order valence-electron chi connectivity index (χ2n) is 3.91.